The molecule has 0 aliphatic heterocycles. The van der Waals surface area contributed by atoms with Crippen LogP contribution >= 0.6 is 22.7 Å². The third-order valence-corrected chi connectivity index (χ3v) is 7.84. The Morgan fingerprint density at radius 3 is 1.44 bits per heavy atom. The van der Waals surface area contributed by atoms with Gasteiger partial charge in [0.1, 0.15) is 32.8 Å². The number of amides is 2. The highest BCUT2D eigenvalue weighted by Crippen LogP contribution is 2.45. The fraction of sp³-hybridized carbons (Fsp3) is 0.167. The van der Waals surface area contributed by atoms with Gasteiger partial charge in [0.25, 0.3) is 11.8 Å². The molecular weight excluding hydrogens is 504 g/mol. The first kappa shape index (κ1) is 24.9. The van der Waals surface area contributed by atoms with E-state index in [0.29, 0.717) is 43.8 Å². The molecule has 0 aliphatic rings. The summed E-state index contributed by atoms with van der Waals surface area (Å²) in [5, 5.41) is 6.07. The van der Waals surface area contributed by atoms with E-state index in [4.69, 9.17) is 30.4 Å². The number of ether oxygens (including phenoxy) is 4. The van der Waals surface area contributed by atoms with Crippen LogP contribution in [0.1, 0.15) is 19.3 Å². The molecule has 10 nitrogen and oxygen atoms in total. The molecule has 2 aromatic heterocycles. The summed E-state index contributed by atoms with van der Waals surface area (Å²) in [6, 6.07) is 10.1. The summed E-state index contributed by atoms with van der Waals surface area (Å²) in [7, 11) is 6.06. The number of nitrogens with one attached hydrogen (secondary N) is 2. The molecule has 188 valence electrons. The van der Waals surface area contributed by atoms with Crippen molar-refractivity contribution in [3.8, 4) is 23.0 Å². The minimum Gasteiger partial charge on any atom is -0.497 e. The van der Waals surface area contributed by atoms with E-state index in [2.05, 4.69) is 10.6 Å². The van der Waals surface area contributed by atoms with Gasteiger partial charge in [0.05, 0.1) is 60.6 Å². The number of nitrogens with two attached hydrogens (primary N) is 2. The lowest BCUT2D eigenvalue weighted by atomic mass is 10.2. The number of anilines is 4. The van der Waals surface area contributed by atoms with Crippen LogP contribution in [0.2, 0.25) is 0 Å². The standard InChI is InChI=1S/C24H24N4O6S2/c1-31-11-5-7-15(33-3)13(9-11)27-22(29)20-18(25)17-19(26)21(36-24(17)35-20)23(30)28-14-10-12(32-2)6-8-16(14)34-4/h5-10H,25-26H2,1-4H3,(H,27,29)(H,28,30). The van der Waals surface area contributed by atoms with Crippen molar-refractivity contribution in [2.24, 2.45) is 0 Å². The highest BCUT2D eigenvalue weighted by atomic mass is 32.2. The van der Waals surface area contributed by atoms with Crippen molar-refractivity contribution in [2.45, 2.75) is 0 Å². The third-order valence-electron chi connectivity index (χ3n) is 5.34. The van der Waals surface area contributed by atoms with Gasteiger partial charge >= 0.3 is 0 Å². The van der Waals surface area contributed by atoms with Crippen molar-refractivity contribution in [3.63, 3.8) is 0 Å². The first-order chi connectivity index (χ1) is 17.3. The maximum absolute atomic E-state index is 13.1. The second-order valence-corrected chi connectivity index (χ2v) is 9.69. The van der Waals surface area contributed by atoms with Crippen LogP contribution in [0, 0.1) is 0 Å². The Kier molecular flexibility index (Phi) is 7.08. The quantitative estimate of drug-likeness (QED) is 0.258. The van der Waals surface area contributed by atoms with E-state index in [1.54, 1.807) is 36.4 Å². The minimum atomic E-state index is -0.432. The Labute approximate surface area is 214 Å². The molecule has 4 rings (SSSR count). The van der Waals surface area contributed by atoms with Crippen LogP contribution in [0.3, 0.4) is 0 Å². The Morgan fingerprint density at radius 1 is 0.694 bits per heavy atom. The minimum absolute atomic E-state index is 0.195. The molecule has 0 saturated carbocycles. The zero-order chi connectivity index (χ0) is 26.0. The number of carbonyl (C=O) groups is 2. The Hall–Kier alpha value is -4.16. The molecule has 0 unspecified atom stereocenters. The molecule has 0 aliphatic carbocycles. The maximum Gasteiger partial charge on any atom is 0.268 e. The molecule has 2 heterocycles. The number of carbonyl (C=O) groups excluding carboxylic acids is 2. The zero-order valence-corrected chi connectivity index (χ0v) is 21.5. The topological polar surface area (TPSA) is 147 Å². The summed E-state index contributed by atoms with van der Waals surface area (Å²) in [4.78, 5) is 26.7. The van der Waals surface area contributed by atoms with Gasteiger partial charge < -0.3 is 41.0 Å². The average Bonchev–Trinajstić information content (AvgIpc) is 3.39. The first-order valence-electron chi connectivity index (χ1n) is 10.5. The van der Waals surface area contributed by atoms with Crippen LogP contribution < -0.4 is 41.0 Å². The number of fused-ring (bicyclic) bond motifs is 1. The van der Waals surface area contributed by atoms with Gasteiger partial charge in [0.2, 0.25) is 0 Å². The van der Waals surface area contributed by atoms with Gasteiger partial charge in [0, 0.05) is 12.1 Å². The molecule has 0 radical (unpaired) electrons. The average molecular weight is 529 g/mol. The predicted octanol–water partition coefficient (Wildman–Crippen LogP) is 4.67. The molecule has 36 heavy (non-hydrogen) atoms. The number of nitrogen functional groups attached to an aromatic ring is 2. The van der Waals surface area contributed by atoms with E-state index in [1.807, 2.05) is 0 Å². The molecule has 2 amide bonds. The summed E-state index contributed by atoms with van der Waals surface area (Å²) in [5.74, 6) is 1.18. The van der Waals surface area contributed by atoms with Gasteiger partial charge in [-0.15, -0.1) is 22.7 Å². The fourth-order valence-electron chi connectivity index (χ4n) is 3.53. The fourth-order valence-corrected chi connectivity index (χ4v) is 5.92. The smallest absolute Gasteiger partial charge is 0.268 e. The molecule has 0 fully saturated rings. The van der Waals surface area contributed by atoms with Crippen LogP contribution in [0.4, 0.5) is 22.7 Å². The van der Waals surface area contributed by atoms with Crippen molar-refractivity contribution in [2.75, 3.05) is 50.5 Å². The van der Waals surface area contributed by atoms with Crippen LogP contribution in [0.15, 0.2) is 36.4 Å². The van der Waals surface area contributed by atoms with E-state index in [9.17, 15) is 9.59 Å². The molecule has 0 saturated heterocycles. The largest absolute Gasteiger partial charge is 0.497 e. The van der Waals surface area contributed by atoms with E-state index < -0.39 is 11.8 Å². The molecule has 4 aromatic rings. The number of rotatable bonds is 8. The predicted molar refractivity (Wildman–Crippen MR) is 144 cm³/mol. The van der Waals surface area contributed by atoms with Crippen LogP contribution in [-0.2, 0) is 0 Å². The van der Waals surface area contributed by atoms with E-state index in [1.165, 1.54) is 28.4 Å². The van der Waals surface area contributed by atoms with Crippen LogP contribution in [0.5, 0.6) is 23.0 Å². The zero-order valence-electron chi connectivity index (χ0n) is 19.9. The van der Waals surface area contributed by atoms with Crippen molar-refractivity contribution in [3.05, 3.63) is 46.2 Å². The third kappa shape index (κ3) is 4.55. The lowest BCUT2D eigenvalue weighted by Crippen LogP contribution is -2.14. The SMILES string of the molecule is COc1ccc(OC)c(NC(=O)c2sc3sc(C(=O)Nc4cc(OC)ccc4OC)c(N)c3c2N)c1. The normalized spacial score (nSPS) is 10.7. The van der Waals surface area contributed by atoms with Crippen molar-refractivity contribution >= 4 is 66.6 Å². The number of hydrogen-bond donors (Lipinski definition) is 4. The Balaban J connectivity index is 1.62. The maximum atomic E-state index is 13.1. The van der Waals surface area contributed by atoms with Gasteiger partial charge in [-0.25, -0.2) is 0 Å². The molecule has 0 atom stereocenters. The van der Waals surface area contributed by atoms with Crippen molar-refractivity contribution < 1.29 is 28.5 Å². The molecule has 6 N–H and O–H groups in total. The van der Waals surface area contributed by atoms with Gasteiger partial charge in [-0.3, -0.25) is 9.59 Å². The van der Waals surface area contributed by atoms with Crippen LogP contribution in [-0.4, -0.2) is 40.3 Å². The monoisotopic (exact) mass is 528 g/mol. The van der Waals surface area contributed by atoms with Crippen LogP contribution in [0.25, 0.3) is 9.40 Å². The number of hydrogen-bond acceptors (Lipinski definition) is 10. The molecular formula is C24H24N4O6S2. The summed E-state index contributed by atoms with van der Waals surface area (Å²) >= 11 is 2.30. The summed E-state index contributed by atoms with van der Waals surface area (Å²) in [6.07, 6.45) is 0. The number of thiophene rings is 2. The van der Waals surface area contributed by atoms with Gasteiger partial charge in [0.15, 0.2) is 0 Å². The van der Waals surface area contributed by atoms with Gasteiger partial charge in [-0.1, -0.05) is 0 Å². The van der Waals surface area contributed by atoms with Gasteiger partial charge in [-0.2, -0.15) is 0 Å². The molecule has 0 spiro atoms. The highest BCUT2D eigenvalue weighted by molar-refractivity contribution is 7.40. The number of benzene rings is 2. The van der Waals surface area contributed by atoms with E-state index in [-0.39, 0.29) is 21.1 Å². The molecule has 2 aromatic carbocycles. The second kappa shape index (κ2) is 10.2. The Morgan fingerprint density at radius 2 is 1.11 bits per heavy atom. The molecule has 12 heteroatoms. The lowest BCUT2D eigenvalue weighted by molar-refractivity contribution is 0.102. The van der Waals surface area contributed by atoms with E-state index in [0.717, 1.165) is 22.7 Å². The van der Waals surface area contributed by atoms with E-state index >= 15 is 0 Å². The Bertz CT molecular complexity index is 1360. The lowest BCUT2D eigenvalue weighted by Gasteiger charge is -2.12. The molecule has 0 bridgehead atoms. The summed E-state index contributed by atoms with van der Waals surface area (Å²) < 4.78 is 21.7. The van der Waals surface area contributed by atoms with Crippen molar-refractivity contribution in [1.29, 1.82) is 0 Å². The summed E-state index contributed by atoms with van der Waals surface area (Å²) in [6.45, 7) is 0. The first-order valence-corrected chi connectivity index (χ1v) is 12.1. The van der Waals surface area contributed by atoms with Gasteiger partial charge in [-0.05, 0) is 24.3 Å². The highest BCUT2D eigenvalue weighted by Gasteiger charge is 2.26. The van der Waals surface area contributed by atoms with Crippen molar-refractivity contribution in [1.82, 2.24) is 0 Å². The second-order valence-electron chi connectivity index (χ2n) is 7.39. The summed E-state index contributed by atoms with van der Waals surface area (Å²) in [5.41, 5.74) is 13.9. The number of methoxy groups -OCH3 is 4.